The van der Waals surface area contributed by atoms with Crippen molar-refractivity contribution in [3.63, 3.8) is 0 Å². The van der Waals surface area contributed by atoms with Crippen molar-refractivity contribution >= 4 is 10.9 Å². The summed E-state index contributed by atoms with van der Waals surface area (Å²) in [6.07, 6.45) is 10.2. The Morgan fingerprint density at radius 3 is 2.71 bits per heavy atom. The average Bonchev–Trinajstić information content (AvgIpc) is 2.74. The molecule has 1 N–H and O–H groups in total. The van der Waals surface area contributed by atoms with E-state index in [0.717, 1.165) is 0 Å². The van der Waals surface area contributed by atoms with Gasteiger partial charge in [-0.2, -0.15) is 0 Å². The van der Waals surface area contributed by atoms with Gasteiger partial charge >= 0.3 is 0 Å². The van der Waals surface area contributed by atoms with Crippen molar-refractivity contribution in [1.82, 2.24) is 4.98 Å². The quantitative estimate of drug-likeness (QED) is 0.672. The predicted octanol–water partition coefficient (Wildman–Crippen LogP) is 4.99. The fourth-order valence-electron chi connectivity index (χ4n) is 2.49. The van der Waals surface area contributed by atoms with Gasteiger partial charge in [-0.25, -0.2) is 0 Å². The number of aromatic amines is 1. The minimum Gasteiger partial charge on any atom is -0.361 e. The Bertz CT molecular complexity index is 467. The molecule has 0 spiro atoms. The third kappa shape index (κ3) is 2.91. The lowest BCUT2D eigenvalue weighted by Gasteiger charge is -2.01. The largest absolute Gasteiger partial charge is 0.361 e. The van der Waals surface area contributed by atoms with Crippen molar-refractivity contribution in [3.8, 4) is 0 Å². The van der Waals surface area contributed by atoms with Crippen LogP contribution in [0.3, 0.4) is 0 Å². The number of aryl methyl sites for hydroxylation is 2. The second kappa shape index (κ2) is 5.90. The number of nitrogens with one attached hydrogen (secondary N) is 1. The second-order valence-electron chi connectivity index (χ2n) is 4.98. The summed E-state index contributed by atoms with van der Waals surface area (Å²) in [5.74, 6) is 0. The van der Waals surface area contributed by atoms with Gasteiger partial charge < -0.3 is 4.98 Å². The topological polar surface area (TPSA) is 15.8 Å². The summed E-state index contributed by atoms with van der Waals surface area (Å²) in [7, 11) is 0. The van der Waals surface area contributed by atoms with Crippen molar-refractivity contribution in [1.29, 1.82) is 0 Å². The number of para-hydroxylation sites is 1. The highest BCUT2D eigenvalue weighted by atomic mass is 14.7. The number of H-pyrrole nitrogens is 1. The Balaban J connectivity index is 1.97. The molecule has 0 unspecified atom stereocenters. The second-order valence-corrected chi connectivity index (χ2v) is 4.98. The lowest BCUT2D eigenvalue weighted by atomic mass is 10.0. The van der Waals surface area contributed by atoms with E-state index < -0.39 is 0 Å². The maximum absolute atomic E-state index is 3.41. The van der Waals surface area contributed by atoms with Gasteiger partial charge in [-0.15, -0.1) is 0 Å². The molecule has 2 rings (SSSR count). The van der Waals surface area contributed by atoms with Crippen LogP contribution in [0.1, 0.15) is 50.2 Å². The Hall–Kier alpha value is -1.24. The summed E-state index contributed by atoms with van der Waals surface area (Å²) in [5.41, 5.74) is 4.15. The summed E-state index contributed by atoms with van der Waals surface area (Å²) >= 11 is 0. The average molecular weight is 229 g/mol. The molecule has 2 aromatic rings. The number of hydrogen-bond donors (Lipinski definition) is 1. The molecule has 0 aliphatic rings. The van der Waals surface area contributed by atoms with Crippen LogP contribution >= 0.6 is 0 Å². The third-order valence-electron chi connectivity index (χ3n) is 3.56. The molecule has 1 nitrogen and oxygen atoms in total. The number of aromatic nitrogens is 1. The van der Waals surface area contributed by atoms with Gasteiger partial charge in [0.15, 0.2) is 0 Å². The number of hydrogen-bond acceptors (Lipinski definition) is 0. The molecule has 0 atom stereocenters. The molecule has 1 aromatic heterocycles. The highest BCUT2D eigenvalue weighted by Crippen LogP contribution is 2.22. The van der Waals surface area contributed by atoms with E-state index in [9.17, 15) is 0 Å². The molecule has 17 heavy (non-hydrogen) atoms. The van der Waals surface area contributed by atoms with E-state index in [1.54, 1.807) is 0 Å². The van der Waals surface area contributed by atoms with E-state index in [2.05, 4.69) is 43.2 Å². The van der Waals surface area contributed by atoms with Gasteiger partial charge in [-0.05, 0) is 30.9 Å². The summed E-state index contributed by atoms with van der Waals surface area (Å²) in [6, 6.07) is 6.57. The highest BCUT2D eigenvalue weighted by Gasteiger charge is 2.04. The fourth-order valence-corrected chi connectivity index (χ4v) is 2.49. The van der Waals surface area contributed by atoms with Crippen LogP contribution in [0, 0.1) is 6.92 Å². The minimum atomic E-state index is 1.22. The molecule has 1 aromatic carbocycles. The van der Waals surface area contributed by atoms with Gasteiger partial charge in [-0.1, -0.05) is 50.8 Å². The molecule has 0 fully saturated rings. The monoisotopic (exact) mass is 229 g/mol. The minimum absolute atomic E-state index is 1.22. The molecule has 0 aliphatic carbocycles. The van der Waals surface area contributed by atoms with Crippen molar-refractivity contribution < 1.29 is 0 Å². The highest BCUT2D eigenvalue weighted by molar-refractivity contribution is 5.85. The van der Waals surface area contributed by atoms with E-state index in [1.165, 1.54) is 60.6 Å². The lowest BCUT2D eigenvalue weighted by molar-refractivity contribution is 0.633. The van der Waals surface area contributed by atoms with E-state index in [1.807, 2.05) is 0 Å². The molecule has 1 heteroatoms. The van der Waals surface area contributed by atoms with Gasteiger partial charge in [-0.3, -0.25) is 0 Å². The normalized spacial score (nSPS) is 11.2. The van der Waals surface area contributed by atoms with E-state index >= 15 is 0 Å². The number of unbranched alkanes of at least 4 members (excludes halogenated alkanes) is 4. The molecular weight excluding hydrogens is 206 g/mol. The van der Waals surface area contributed by atoms with Crippen LogP contribution in [0.5, 0.6) is 0 Å². The molecular formula is C16H23N. The summed E-state index contributed by atoms with van der Waals surface area (Å²) in [6.45, 7) is 4.44. The standard InChI is InChI=1S/C16H23N/c1-3-4-5-6-7-10-14-12-17-16-13(2)9-8-11-15(14)16/h8-9,11-12,17H,3-7,10H2,1-2H3. The molecule has 1 heterocycles. The molecule has 0 radical (unpaired) electrons. The Kier molecular flexibility index (Phi) is 4.24. The van der Waals surface area contributed by atoms with Crippen LogP contribution in [-0.4, -0.2) is 4.98 Å². The third-order valence-corrected chi connectivity index (χ3v) is 3.56. The first-order chi connectivity index (χ1) is 8.33. The van der Waals surface area contributed by atoms with Crippen molar-refractivity contribution in [2.75, 3.05) is 0 Å². The molecule has 92 valence electrons. The number of fused-ring (bicyclic) bond motifs is 1. The van der Waals surface area contributed by atoms with Crippen LogP contribution in [0.2, 0.25) is 0 Å². The van der Waals surface area contributed by atoms with Gasteiger partial charge in [0, 0.05) is 17.1 Å². The van der Waals surface area contributed by atoms with E-state index in [0.29, 0.717) is 0 Å². The first kappa shape index (κ1) is 12.2. The summed E-state index contributed by atoms with van der Waals surface area (Å²) in [4.78, 5) is 3.41. The zero-order chi connectivity index (χ0) is 12.1. The zero-order valence-corrected chi connectivity index (χ0v) is 11.1. The van der Waals surface area contributed by atoms with Crippen molar-refractivity contribution in [2.24, 2.45) is 0 Å². The Morgan fingerprint density at radius 2 is 1.88 bits per heavy atom. The van der Waals surface area contributed by atoms with Gasteiger partial charge in [0.25, 0.3) is 0 Å². The molecule has 0 amide bonds. The van der Waals surface area contributed by atoms with E-state index in [4.69, 9.17) is 0 Å². The molecule has 0 aliphatic heterocycles. The van der Waals surface area contributed by atoms with Crippen LogP contribution in [-0.2, 0) is 6.42 Å². The van der Waals surface area contributed by atoms with Gasteiger partial charge in [0.05, 0.1) is 0 Å². The summed E-state index contributed by atoms with van der Waals surface area (Å²) < 4.78 is 0. The van der Waals surface area contributed by atoms with Crippen LogP contribution < -0.4 is 0 Å². The Morgan fingerprint density at radius 1 is 1.06 bits per heavy atom. The van der Waals surface area contributed by atoms with Crippen molar-refractivity contribution in [2.45, 2.75) is 52.4 Å². The maximum atomic E-state index is 3.41. The molecule has 0 saturated heterocycles. The van der Waals surface area contributed by atoms with Gasteiger partial charge in [0.1, 0.15) is 0 Å². The number of rotatable bonds is 6. The SMILES string of the molecule is CCCCCCCc1c[nH]c2c(C)cccc12. The zero-order valence-electron chi connectivity index (χ0n) is 11.1. The van der Waals surface area contributed by atoms with Gasteiger partial charge in [0.2, 0.25) is 0 Å². The Labute approximate surface area is 104 Å². The van der Waals surface area contributed by atoms with Crippen LogP contribution in [0.4, 0.5) is 0 Å². The molecule has 0 bridgehead atoms. The first-order valence-electron chi connectivity index (χ1n) is 6.88. The predicted molar refractivity (Wildman–Crippen MR) is 75.5 cm³/mol. The summed E-state index contributed by atoms with van der Waals surface area (Å²) in [5, 5.41) is 1.42. The smallest absolute Gasteiger partial charge is 0.0486 e. The van der Waals surface area contributed by atoms with Crippen LogP contribution in [0.15, 0.2) is 24.4 Å². The van der Waals surface area contributed by atoms with Crippen molar-refractivity contribution in [3.05, 3.63) is 35.5 Å². The lowest BCUT2D eigenvalue weighted by Crippen LogP contribution is -1.84. The maximum Gasteiger partial charge on any atom is 0.0486 e. The van der Waals surface area contributed by atoms with Crippen LogP contribution in [0.25, 0.3) is 10.9 Å². The first-order valence-corrected chi connectivity index (χ1v) is 6.88. The molecule has 0 saturated carbocycles. The van der Waals surface area contributed by atoms with E-state index in [-0.39, 0.29) is 0 Å². The number of benzene rings is 1. The fraction of sp³-hybridized carbons (Fsp3) is 0.500.